The van der Waals surface area contributed by atoms with Gasteiger partial charge in [-0.25, -0.2) is 0 Å². The molecule has 0 atom stereocenters. The Balaban J connectivity index is 2.09. The minimum absolute atomic E-state index is 0.0746. The van der Waals surface area contributed by atoms with Gasteiger partial charge in [0.25, 0.3) is 0 Å². The molecule has 0 saturated heterocycles. The first-order chi connectivity index (χ1) is 7.13. The monoisotopic (exact) mass is 213 g/mol. The molecule has 15 heavy (non-hydrogen) atoms. The molecule has 5 heteroatoms. The maximum Gasteiger partial charge on any atom is 0.239 e. The smallest absolute Gasteiger partial charge is 0.239 e. The van der Waals surface area contributed by atoms with Gasteiger partial charge in [-0.3, -0.25) is 14.5 Å². The summed E-state index contributed by atoms with van der Waals surface area (Å²) in [5.74, 6) is -0.226. The molecule has 0 aromatic carbocycles. The van der Waals surface area contributed by atoms with Crippen LogP contribution in [0.5, 0.6) is 0 Å². The molecular weight excluding hydrogens is 194 g/mol. The van der Waals surface area contributed by atoms with E-state index in [1.54, 1.807) is 0 Å². The summed E-state index contributed by atoms with van der Waals surface area (Å²) in [5, 5.41) is 5.21. The zero-order valence-corrected chi connectivity index (χ0v) is 9.38. The van der Waals surface area contributed by atoms with Gasteiger partial charge in [-0.05, 0) is 26.8 Å². The molecule has 86 valence electrons. The standard InChI is InChI=1S/C10H19N3O2/c1-3-11-9(14)6-12-10(15)7-13(2)8-4-5-8/h8H,3-7H2,1-2H3,(H,11,14)(H,12,15). The summed E-state index contributed by atoms with van der Waals surface area (Å²) in [6, 6.07) is 0.570. The normalized spacial score (nSPS) is 15.1. The Kier molecular flexibility index (Phi) is 4.55. The number of amides is 2. The average Bonchev–Trinajstić information content (AvgIpc) is 2.98. The molecule has 1 rings (SSSR count). The maximum absolute atomic E-state index is 11.4. The zero-order chi connectivity index (χ0) is 11.3. The number of likely N-dealkylation sites (N-methyl/N-ethyl adjacent to an activating group) is 2. The van der Waals surface area contributed by atoms with Gasteiger partial charge < -0.3 is 10.6 Å². The van der Waals surface area contributed by atoms with Gasteiger partial charge in [0, 0.05) is 12.6 Å². The lowest BCUT2D eigenvalue weighted by Crippen LogP contribution is -2.41. The van der Waals surface area contributed by atoms with Gasteiger partial charge >= 0.3 is 0 Å². The van der Waals surface area contributed by atoms with Crippen LogP contribution in [-0.4, -0.2) is 49.4 Å². The molecule has 2 N–H and O–H groups in total. The third-order valence-corrected chi connectivity index (χ3v) is 2.38. The lowest BCUT2D eigenvalue weighted by molar-refractivity contribution is -0.126. The quantitative estimate of drug-likeness (QED) is 0.615. The predicted molar refractivity (Wildman–Crippen MR) is 57.3 cm³/mol. The molecular formula is C10H19N3O2. The molecule has 0 heterocycles. The molecule has 2 amide bonds. The van der Waals surface area contributed by atoms with E-state index >= 15 is 0 Å². The van der Waals surface area contributed by atoms with Crippen LogP contribution in [0.2, 0.25) is 0 Å². The molecule has 1 saturated carbocycles. The van der Waals surface area contributed by atoms with Crippen LogP contribution in [0, 0.1) is 0 Å². The molecule has 1 fully saturated rings. The molecule has 1 aliphatic rings. The van der Waals surface area contributed by atoms with Crippen molar-refractivity contribution >= 4 is 11.8 Å². The molecule has 0 bridgehead atoms. The molecule has 0 spiro atoms. The number of nitrogens with one attached hydrogen (secondary N) is 2. The van der Waals surface area contributed by atoms with E-state index in [1.165, 1.54) is 12.8 Å². The van der Waals surface area contributed by atoms with Crippen molar-refractivity contribution in [1.29, 1.82) is 0 Å². The molecule has 0 unspecified atom stereocenters. The Morgan fingerprint density at radius 2 is 1.93 bits per heavy atom. The Morgan fingerprint density at radius 3 is 2.47 bits per heavy atom. The Bertz CT molecular complexity index is 239. The molecule has 0 aromatic heterocycles. The Labute approximate surface area is 90.2 Å². The third kappa shape index (κ3) is 4.78. The van der Waals surface area contributed by atoms with Gasteiger partial charge in [-0.1, -0.05) is 0 Å². The summed E-state index contributed by atoms with van der Waals surface area (Å²) in [7, 11) is 1.93. The molecule has 0 aliphatic heterocycles. The maximum atomic E-state index is 11.4. The van der Waals surface area contributed by atoms with E-state index in [0.29, 0.717) is 19.1 Å². The second-order valence-electron chi connectivity index (χ2n) is 3.88. The lowest BCUT2D eigenvalue weighted by atomic mass is 10.4. The number of carbonyl (C=O) groups is 2. The summed E-state index contributed by atoms with van der Waals surface area (Å²) >= 11 is 0. The summed E-state index contributed by atoms with van der Waals surface area (Å²) < 4.78 is 0. The zero-order valence-electron chi connectivity index (χ0n) is 9.38. The summed E-state index contributed by atoms with van der Waals surface area (Å²) in [6.45, 7) is 2.90. The van der Waals surface area contributed by atoms with Crippen molar-refractivity contribution in [3.05, 3.63) is 0 Å². The molecule has 5 nitrogen and oxygen atoms in total. The van der Waals surface area contributed by atoms with E-state index in [2.05, 4.69) is 10.6 Å². The molecule has 0 radical (unpaired) electrons. The van der Waals surface area contributed by atoms with Crippen molar-refractivity contribution in [2.75, 3.05) is 26.7 Å². The van der Waals surface area contributed by atoms with Crippen LogP contribution < -0.4 is 10.6 Å². The van der Waals surface area contributed by atoms with Crippen molar-refractivity contribution in [1.82, 2.24) is 15.5 Å². The minimum atomic E-state index is -0.139. The van der Waals surface area contributed by atoms with Crippen LogP contribution in [-0.2, 0) is 9.59 Å². The minimum Gasteiger partial charge on any atom is -0.355 e. The van der Waals surface area contributed by atoms with Crippen molar-refractivity contribution in [2.45, 2.75) is 25.8 Å². The fraction of sp³-hybridized carbons (Fsp3) is 0.800. The molecule has 0 aromatic rings. The number of hydrogen-bond acceptors (Lipinski definition) is 3. The highest BCUT2D eigenvalue weighted by molar-refractivity contribution is 5.85. The average molecular weight is 213 g/mol. The highest BCUT2D eigenvalue weighted by atomic mass is 16.2. The van der Waals surface area contributed by atoms with Gasteiger partial charge in [0.15, 0.2) is 0 Å². The first kappa shape index (κ1) is 12.0. The highest BCUT2D eigenvalue weighted by Gasteiger charge is 2.27. The summed E-state index contributed by atoms with van der Waals surface area (Å²) in [4.78, 5) is 24.4. The van der Waals surface area contributed by atoms with Gasteiger partial charge in [0.2, 0.25) is 11.8 Å². The van der Waals surface area contributed by atoms with Gasteiger partial charge in [0.1, 0.15) is 0 Å². The third-order valence-electron chi connectivity index (χ3n) is 2.38. The van der Waals surface area contributed by atoms with E-state index in [1.807, 2.05) is 18.9 Å². The van der Waals surface area contributed by atoms with Crippen LogP contribution in [0.4, 0.5) is 0 Å². The Hall–Kier alpha value is -1.10. The summed E-state index contributed by atoms with van der Waals surface area (Å²) in [6.07, 6.45) is 2.36. The number of rotatable bonds is 6. The van der Waals surface area contributed by atoms with Gasteiger partial charge in [-0.2, -0.15) is 0 Å². The second kappa shape index (κ2) is 5.70. The second-order valence-corrected chi connectivity index (χ2v) is 3.88. The fourth-order valence-electron chi connectivity index (χ4n) is 1.37. The first-order valence-corrected chi connectivity index (χ1v) is 5.37. The van der Waals surface area contributed by atoms with Crippen molar-refractivity contribution < 1.29 is 9.59 Å². The fourth-order valence-corrected chi connectivity index (χ4v) is 1.37. The highest BCUT2D eigenvalue weighted by Crippen LogP contribution is 2.24. The molecule has 1 aliphatic carbocycles. The van der Waals surface area contributed by atoms with Gasteiger partial charge in [0.05, 0.1) is 13.1 Å². The van der Waals surface area contributed by atoms with E-state index in [4.69, 9.17) is 0 Å². The first-order valence-electron chi connectivity index (χ1n) is 5.37. The number of hydrogen-bond donors (Lipinski definition) is 2. The van der Waals surface area contributed by atoms with Crippen molar-refractivity contribution in [2.24, 2.45) is 0 Å². The van der Waals surface area contributed by atoms with E-state index in [-0.39, 0.29) is 18.4 Å². The van der Waals surface area contributed by atoms with Crippen LogP contribution in [0.15, 0.2) is 0 Å². The largest absolute Gasteiger partial charge is 0.355 e. The van der Waals surface area contributed by atoms with Crippen LogP contribution in [0.1, 0.15) is 19.8 Å². The van der Waals surface area contributed by atoms with E-state index in [0.717, 1.165) is 0 Å². The Morgan fingerprint density at radius 1 is 1.27 bits per heavy atom. The van der Waals surface area contributed by atoms with Crippen LogP contribution >= 0.6 is 0 Å². The van der Waals surface area contributed by atoms with Crippen molar-refractivity contribution in [3.8, 4) is 0 Å². The van der Waals surface area contributed by atoms with Crippen LogP contribution in [0.3, 0.4) is 0 Å². The number of carbonyl (C=O) groups excluding carboxylic acids is 2. The summed E-state index contributed by atoms with van der Waals surface area (Å²) in [5.41, 5.74) is 0. The van der Waals surface area contributed by atoms with E-state index < -0.39 is 0 Å². The van der Waals surface area contributed by atoms with Crippen molar-refractivity contribution in [3.63, 3.8) is 0 Å². The van der Waals surface area contributed by atoms with E-state index in [9.17, 15) is 9.59 Å². The predicted octanol–water partition coefficient (Wildman–Crippen LogP) is -0.667. The SMILES string of the molecule is CCNC(=O)CNC(=O)CN(C)C1CC1. The topological polar surface area (TPSA) is 61.4 Å². The number of nitrogens with zero attached hydrogens (tertiary/aromatic N) is 1. The lowest BCUT2D eigenvalue weighted by Gasteiger charge is -2.14. The van der Waals surface area contributed by atoms with Crippen LogP contribution in [0.25, 0.3) is 0 Å². The van der Waals surface area contributed by atoms with Gasteiger partial charge in [-0.15, -0.1) is 0 Å².